The number of hydrogen-bond donors (Lipinski definition) is 1. The van der Waals surface area contributed by atoms with Crippen LogP contribution in [0.4, 0.5) is 4.39 Å². The fraction of sp³-hybridized carbons (Fsp3) is 0.636. The van der Waals surface area contributed by atoms with Gasteiger partial charge in [-0.2, -0.15) is 0 Å². The molecule has 2 rings (SSSR count). The van der Waals surface area contributed by atoms with E-state index in [-0.39, 0.29) is 17.4 Å². The van der Waals surface area contributed by atoms with Gasteiger partial charge in [-0.05, 0) is 19.3 Å². The van der Waals surface area contributed by atoms with E-state index < -0.39 is 28.4 Å². The van der Waals surface area contributed by atoms with Gasteiger partial charge in [-0.25, -0.2) is 18.1 Å². The highest BCUT2D eigenvalue weighted by atomic mass is 32.2. The monoisotopic (exact) mass is 322 g/mol. The van der Waals surface area contributed by atoms with Crippen LogP contribution in [0, 0.1) is 0 Å². The number of thiazole rings is 1. The molecule has 1 aliphatic heterocycles. The highest BCUT2D eigenvalue weighted by Gasteiger charge is 2.23. The summed E-state index contributed by atoms with van der Waals surface area (Å²) < 4.78 is 42.3. The predicted molar refractivity (Wildman–Crippen MR) is 71.9 cm³/mol. The number of rotatable bonds is 6. The number of amides is 1. The lowest BCUT2D eigenvalue weighted by molar-refractivity contribution is 0.0985. The molecule has 9 heteroatoms. The molecule has 0 spiro atoms. The molecule has 1 atom stereocenters. The van der Waals surface area contributed by atoms with Crippen LogP contribution in [0.25, 0.3) is 0 Å². The zero-order valence-electron chi connectivity index (χ0n) is 10.7. The van der Waals surface area contributed by atoms with Crippen molar-refractivity contribution in [2.24, 2.45) is 0 Å². The molecule has 1 aliphatic rings. The zero-order chi connectivity index (χ0) is 14.6. The van der Waals surface area contributed by atoms with Crippen molar-refractivity contribution in [2.45, 2.75) is 25.4 Å². The van der Waals surface area contributed by atoms with Crippen LogP contribution in [0.1, 0.15) is 40.0 Å². The molecule has 1 aromatic rings. The summed E-state index contributed by atoms with van der Waals surface area (Å²) >= 11 is 1.12. The van der Waals surface area contributed by atoms with E-state index in [9.17, 15) is 17.6 Å². The summed E-state index contributed by atoms with van der Waals surface area (Å²) in [6, 6.07) is 0. The highest BCUT2D eigenvalue weighted by Crippen LogP contribution is 2.31. The first-order chi connectivity index (χ1) is 9.52. The molecule has 1 amide bonds. The first kappa shape index (κ1) is 15.3. The smallest absolute Gasteiger partial charge is 0.276 e. The van der Waals surface area contributed by atoms with Crippen LogP contribution in [0.2, 0.25) is 0 Å². The highest BCUT2D eigenvalue weighted by molar-refractivity contribution is 7.90. The molecule has 1 N–H and O–H groups in total. The van der Waals surface area contributed by atoms with Crippen LogP contribution in [0.15, 0.2) is 6.20 Å². The molecule has 0 aliphatic carbocycles. The Morgan fingerprint density at radius 1 is 1.60 bits per heavy atom. The number of aromatic nitrogens is 1. The summed E-state index contributed by atoms with van der Waals surface area (Å²) in [7, 11) is -3.79. The number of nitrogens with one attached hydrogen (secondary N) is 1. The number of hydrogen-bond acceptors (Lipinski definition) is 6. The van der Waals surface area contributed by atoms with Crippen LogP contribution in [0.5, 0.6) is 0 Å². The molecule has 0 unspecified atom stereocenters. The number of carbonyl (C=O) groups excluding carboxylic acids is 1. The fourth-order valence-corrected chi connectivity index (χ4v) is 3.75. The third-order valence-electron chi connectivity index (χ3n) is 2.75. The number of sulfonamides is 1. The maximum atomic E-state index is 12.0. The molecular weight excluding hydrogens is 307 g/mol. The van der Waals surface area contributed by atoms with Gasteiger partial charge in [-0.1, -0.05) is 0 Å². The Morgan fingerprint density at radius 3 is 3.05 bits per heavy atom. The van der Waals surface area contributed by atoms with Gasteiger partial charge in [0.05, 0.1) is 18.6 Å². The van der Waals surface area contributed by atoms with Crippen LogP contribution in [-0.2, 0) is 14.8 Å². The average Bonchev–Trinajstić information content (AvgIpc) is 3.05. The van der Waals surface area contributed by atoms with Crippen molar-refractivity contribution in [3.63, 3.8) is 0 Å². The number of nitrogens with zero attached hydrogens (tertiary/aromatic N) is 1. The van der Waals surface area contributed by atoms with Crippen molar-refractivity contribution in [3.05, 3.63) is 16.1 Å². The van der Waals surface area contributed by atoms with E-state index >= 15 is 0 Å². The summed E-state index contributed by atoms with van der Waals surface area (Å²) in [5, 5.41) is 0.675. The van der Waals surface area contributed by atoms with Gasteiger partial charge in [0.2, 0.25) is 10.0 Å². The lowest BCUT2D eigenvalue weighted by Crippen LogP contribution is -2.32. The maximum Gasteiger partial charge on any atom is 0.276 e. The molecule has 0 bridgehead atoms. The number of carbonyl (C=O) groups is 1. The van der Waals surface area contributed by atoms with Gasteiger partial charge in [-0.15, -0.1) is 11.3 Å². The molecule has 1 fully saturated rings. The lowest BCUT2D eigenvalue weighted by Gasteiger charge is -2.04. The second-order valence-electron chi connectivity index (χ2n) is 4.36. The maximum absolute atomic E-state index is 12.0. The molecule has 0 saturated carbocycles. The second-order valence-corrected chi connectivity index (χ2v) is 7.26. The Morgan fingerprint density at radius 2 is 2.40 bits per heavy atom. The van der Waals surface area contributed by atoms with Gasteiger partial charge in [0.1, 0.15) is 16.0 Å². The minimum absolute atomic E-state index is 0.107. The van der Waals surface area contributed by atoms with E-state index in [1.54, 1.807) is 0 Å². The summed E-state index contributed by atoms with van der Waals surface area (Å²) in [6.45, 7) is -0.0673. The Labute approximate surface area is 120 Å². The van der Waals surface area contributed by atoms with Gasteiger partial charge < -0.3 is 4.74 Å². The molecule has 112 valence electrons. The van der Waals surface area contributed by atoms with Gasteiger partial charge in [0.15, 0.2) is 0 Å². The van der Waals surface area contributed by atoms with Crippen molar-refractivity contribution in [3.8, 4) is 0 Å². The van der Waals surface area contributed by atoms with Crippen molar-refractivity contribution in [1.29, 1.82) is 0 Å². The number of ether oxygens (including phenoxy) is 1. The Hall–Kier alpha value is -1.06. The van der Waals surface area contributed by atoms with E-state index in [2.05, 4.69) is 4.98 Å². The molecular formula is C11H15FN2O4S2. The van der Waals surface area contributed by atoms with Gasteiger partial charge in [0, 0.05) is 6.61 Å². The van der Waals surface area contributed by atoms with Crippen LogP contribution in [0.3, 0.4) is 0 Å². The molecule has 2 heterocycles. The minimum atomic E-state index is -3.79. The molecule has 0 aromatic carbocycles. The summed E-state index contributed by atoms with van der Waals surface area (Å²) in [5.41, 5.74) is 0. The quantitative estimate of drug-likeness (QED) is 0.856. The summed E-state index contributed by atoms with van der Waals surface area (Å²) in [6.07, 6.45) is 2.89. The van der Waals surface area contributed by atoms with Crippen molar-refractivity contribution in [1.82, 2.24) is 9.71 Å². The average molecular weight is 322 g/mol. The number of alkyl halides is 1. The van der Waals surface area contributed by atoms with Gasteiger partial charge in [-0.3, -0.25) is 9.18 Å². The standard InChI is InChI=1S/C11H15FN2O4S2/c12-4-2-6-20(16,17)14-10(15)9-7-13-11(19-9)8-3-1-5-18-8/h7-8H,1-6H2,(H,14,15)/t8-/m0/s1. The Balaban J connectivity index is 1.99. The topological polar surface area (TPSA) is 85.4 Å². The second kappa shape index (κ2) is 6.59. The first-order valence-corrected chi connectivity index (χ1v) is 8.67. The largest absolute Gasteiger partial charge is 0.371 e. The van der Waals surface area contributed by atoms with Crippen LogP contribution < -0.4 is 4.72 Å². The molecule has 1 saturated heterocycles. The molecule has 6 nitrogen and oxygen atoms in total. The van der Waals surface area contributed by atoms with Crippen LogP contribution >= 0.6 is 11.3 Å². The third-order valence-corrected chi connectivity index (χ3v) is 5.16. The molecule has 0 radical (unpaired) electrons. The first-order valence-electron chi connectivity index (χ1n) is 6.20. The fourth-order valence-electron chi connectivity index (χ4n) is 1.80. The predicted octanol–water partition coefficient (Wildman–Crippen LogP) is 1.41. The summed E-state index contributed by atoms with van der Waals surface area (Å²) in [4.78, 5) is 16.1. The SMILES string of the molecule is O=C(NS(=O)(=O)CCCF)c1cnc([C@@H]2CCCO2)s1. The zero-order valence-corrected chi connectivity index (χ0v) is 12.3. The van der Waals surface area contributed by atoms with E-state index in [0.29, 0.717) is 11.6 Å². The Bertz CT molecular complexity index is 567. The van der Waals surface area contributed by atoms with E-state index in [4.69, 9.17) is 4.74 Å². The van der Waals surface area contributed by atoms with Crippen molar-refractivity contribution >= 4 is 27.3 Å². The minimum Gasteiger partial charge on any atom is -0.371 e. The van der Waals surface area contributed by atoms with Gasteiger partial charge in [0.25, 0.3) is 5.91 Å². The molecule has 20 heavy (non-hydrogen) atoms. The van der Waals surface area contributed by atoms with Crippen molar-refractivity contribution < 1.29 is 22.3 Å². The number of halogens is 1. The van der Waals surface area contributed by atoms with E-state index in [0.717, 1.165) is 24.2 Å². The Kier molecular flexibility index (Phi) is 5.06. The lowest BCUT2D eigenvalue weighted by atomic mass is 10.2. The van der Waals surface area contributed by atoms with Gasteiger partial charge >= 0.3 is 0 Å². The normalized spacial score (nSPS) is 19.1. The van der Waals surface area contributed by atoms with Crippen molar-refractivity contribution in [2.75, 3.05) is 19.0 Å². The van der Waals surface area contributed by atoms with Crippen LogP contribution in [-0.4, -0.2) is 38.3 Å². The van der Waals surface area contributed by atoms with E-state index in [1.165, 1.54) is 6.20 Å². The van der Waals surface area contributed by atoms with E-state index in [1.807, 2.05) is 4.72 Å². The molecule has 1 aromatic heterocycles. The third kappa shape index (κ3) is 3.97. The summed E-state index contributed by atoms with van der Waals surface area (Å²) in [5.74, 6) is -1.14.